The first-order valence-electron chi connectivity index (χ1n) is 5.51. The van der Waals surface area contributed by atoms with Crippen LogP contribution < -0.4 is 10.5 Å². The molecular formula is C13H14BrN3O. The Labute approximate surface area is 114 Å². The summed E-state index contributed by atoms with van der Waals surface area (Å²) in [5, 5.41) is 0. The summed E-state index contributed by atoms with van der Waals surface area (Å²) in [5.74, 6) is 0.600. The number of nitrogens with zero attached hydrogens (tertiary/aromatic N) is 2. The molecule has 0 saturated heterocycles. The Kier molecular flexibility index (Phi) is 3.52. The van der Waals surface area contributed by atoms with Crippen molar-refractivity contribution in [1.29, 1.82) is 0 Å². The van der Waals surface area contributed by atoms with Crippen molar-refractivity contribution in [3.63, 3.8) is 0 Å². The van der Waals surface area contributed by atoms with E-state index in [1.54, 1.807) is 6.07 Å². The highest BCUT2D eigenvalue weighted by Crippen LogP contribution is 2.32. The Balaban J connectivity index is 2.40. The highest BCUT2D eigenvalue weighted by Gasteiger charge is 2.10. The molecule has 2 N–H and O–H groups in total. The fraction of sp³-hybridized carbons (Fsp3) is 0.231. The van der Waals surface area contributed by atoms with E-state index < -0.39 is 0 Å². The topological polar surface area (TPSA) is 61.0 Å². The molecule has 0 aliphatic rings. The van der Waals surface area contributed by atoms with Crippen molar-refractivity contribution in [1.82, 2.24) is 9.97 Å². The number of anilines is 1. The van der Waals surface area contributed by atoms with Crippen LogP contribution in [0.2, 0.25) is 0 Å². The summed E-state index contributed by atoms with van der Waals surface area (Å²) >= 11 is 3.39. The first kappa shape index (κ1) is 12.8. The number of ether oxygens (including phenoxy) is 1. The van der Waals surface area contributed by atoms with Gasteiger partial charge in [-0.25, -0.2) is 9.97 Å². The molecule has 0 radical (unpaired) electrons. The van der Waals surface area contributed by atoms with Crippen LogP contribution in [0.15, 0.2) is 22.7 Å². The molecule has 2 aromatic rings. The fourth-order valence-corrected chi connectivity index (χ4v) is 2.32. The molecule has 18 heavy (non-hydrogen) atoms. The second-order valence-electron chi connectivity index (χ2n) is 4.18. The molecule has 0 atom stereocenters. The van der Waals surface area contributed by atoms with Crippen molar-refractivity contribution >= 4 is 21.6 Å². The molecule has 0 aliphatic carbocycles. The van der Waals surface area contributed by atoms with Crippen molar-refractivity contribution in [3.8, 4) is 11.8 Å². The lowest BCUT2D eigenvalue weighted by molar-refractivity contribution is 0.438. The quantitative estimate of drug-likeness (QED) is 0.862. The number of halogens is 1. The Hall–Kier alpha value is -1.62. The third-order valence-electron chi connectivity index (χ3n) is 2.42. The summed E-state index contributed by atoms with van der Waals surface area (Å²) in [6.07, 6.45) is 0. The van der Waals surface area contributed by atoms with Crippen molar-refractivity contribution < 1.29 is 4.74 Å². The third kappa shape index (κ3) is 2.79. The third-order valence-corrected chi connectivity index (χ3v) is 2.88. The van der Waals surface area contributed by atoms with Crippen LogP contribution in [0.25, 0.3) is 0 Å². The van der Waals surface area contributed by atoms with Gasteiger partial charge >= 0.3 is 6.01 Å². The average Bonchev–Trinajstić information content (AvgIpc) is 2.22. The lowest BCUT2D eigenvalue weighted by Crippen LogP contribution is -2.00. The maximum absolute atomic E-state index is 5.94. The number of aromatic nitrogens is 2. The maximum atomic E-state index is 5.94. The molecule has 0 spiro atoms. The summed E-state index contributed by atoms with van der Waals surface area (Å²) in [7, 11) is 0. The molecule has 1 aromatic heterocycles. The Morgan fingerprint density at radius 2 is 1.67 bits per heavy atom. The van der Waals surface area contributed by atoms with E-state index in [2.05, 4.69) is 25.9 Å². The zero-order chi connectivity index (χ0) is 13.3. The standard InChI is InChI=1S/C13H14BrN3O/c1-7-4-10(14)6-11(15)12(7)18-13-16-8(2)5-9(3)17-13/h4-6H,15H2,1-3H3. The van der Waals surface area contributed by atoms with E-state index in [-0.39, 0.29) is 0 Å². The molecule has 0 aliphatic heterocycles. The summed E-state index contributed by atoms with van der Waals surface area (Å²) in [6.45, 7) is 5.73. The molecule has 0 unspecified atom stereocenters. The predicted molar refractivity (Wildman–Crippen MR) is 74.9 cm³/mol. The largest absolute Gasteiger partial charge is 0.422 e. The van der Waals surface area contributed by atoms with Crippen LogP contribution in [0.5, 0.6) is 11.8 Å². The van der Waals surface area contributed by atoms with E-state index in [4.69, 9.17) is 10.5 Å². The lowest BCUT2D eigenvalue weighted by atomic mass is 10.2. The molecular weight excluding hydrogens is 294 g/mol. The Morgan fingerprint density at radius 3 is 2.22 bits per heavy atom. The first-order valence-corrected chi connectivity index (χ1v) is 6.31. The van der Waals surface area contributed by atoms with E-state index in [1.807, 2.05) is 32.9 Å². The van der Waals surface area contributed by atoms with Crippen molar-refractivity contribution in [2.24, 2.45) is 0 Å². The molecule has 0 saturated carbocycles. The van der Waals surface area contributed by atoms with Crippen LogP contribution in [0.4, 0.5) is 5.69 Å². The molecule has 2 rings (SSSR count). The van der Waals surface area contributed by atoms with Gasteiger partial charge in [-0.3, -0.25) is 0 Å². The van der Waals surface area contributed by atoms with Gasteiger partial charge in [-0.05, 0) is 44.5 Å². The summed E-state index contributed by atoms with van der Waals surface area (Å²) in [4.78, 5) is 8.47. The van der Waals surface area contributed by atoms with Gasteiger partial charge in [-0.1, -0.05) is 15.9 Å². The van der Waals surface area contributed by atoms with Gasteiger partial charge in [0.1, 0.15) is 0 Å². The van der Waals surface area contributed by atoms with Crippen molar-refractivity contribution in [2.45, 2.75) is 20.8 Å². The van der Waals surface area contributed by atoms with Crippen LogP contribution in [0.1, 0.15) is 17.0 Å². The van der Waals surface area contributed by atoms with Gasteiger partial charge in [0.05, 0.1) is 5.69 Å². The minimum atomic E-state index is 0.324. The summed E-state index contributed by atoms with van der Waals surface area (Å²) in [5.41, 5.74) is 9.16. The second-order valence-corrected chi connectivity index (χ2v) is 5.09. The van der Waals surface area contributed by atoms with Crippen LogP contribution in [0, 0.1) is 20.8 Å². The monoisotopic (exact) mass is 307 g/mol. The Morgan fingerprint density at radius 1 is 1.06 bits per heavy atom. The van der Waals surface area contributed by atoms with Gasteiger partial charge in [0.15, 0.2) is 5.75 Å². The molecule has 4 nitrogen and oxygen atoms in total. The number of benzene rings is 1. The molecule has 94 valence electrons. The molecule has 5 heteroatoms. The minimum Gasteiger partial charge on any atom is -0.422 e. The van der Waals surface area contributed by atoms with E-state index in [1.165, 1.54) is 0 Å². The van der Waals surface area contributed by atoms with E-state index in [0.29, 0.717) is 17.4 Å². The Bertz CT molecular complexity index is 556. The normalized spacial score (nSPS) is 10.4. The van der Waals surface area contributed by atoms with Gasteiger partial charge < -0.3 is 10.5 Å². The van der Waals surface area contributed by atoms with Crippen LogP contribution in [0.3, 0.4) is 0 Å². The molecule has 0 bridgehead atoms. The van der Waals surface area contributed by atoms with Gasteiger partial charge in [0, 0.05) is 15.9 Å². The van der Waals surface area contributed by atoms with Crippen molar-refractivity contribution in [3.05, 3.63) is 39.6 Å². The average molecular weight is 308 g/mol. The molecule has 1 heterocycles. The zero-order valence-electron chi connectivity index (χ0n) is 10.5. The number of rotatable bonds is 2. The van der Waals surface area contributed by atoms with Crippen LogP contribution >= 0.6 is 15.9 Å². The van der Waals surface area contributed by atoms with Crippen LogP contribution in [-0.2, 0) is 0 Å². The maximum Gasteiger partial charge on any atom is 0.322 e. The predicted octanol–water partition coefficient (Wildman–Crippen LogP) is 3.54. The number of aryl methyl sites for hydroxylation is 3. The van der Waals surface area contributed by atoms with Gasteiger partial charge in [0.2, 0.25) is 0 Å². The fourth-order valence-electron chi connectivity index (χ4n) is 1.73. The van der Waals surface area contributed by atoms with Crippen LogP contribution in [-0.4, -0.2) is 9.97 Å². The SMILES string of the molecule is Cc1cc(C)nc(Oc2c(C)cc(Br)cc2N)n1. The van der Waals surface area contributed by atoms with E-state index in [0.717, 1.165) is 21.4 Å². The lowest BCUT2D eigenvalue weighted by Gasteiger charge is -2.11. The number of hydrogen-bond donors (Lipinski definition) is 1. The zero-order valence-corrected chi connectivity index (χ0v) is 12.1. The van der Waals surface area contributed by atoms with Gasteiger partial charge in [-0.2, -0.15) is 0 Å². The van der Waals surface area contributed by atoms with Gasteiger partial charge in [0.25, 0.3) is 0 Å². The number of nitrogen functional groups attached to an aromatic ring is 1. The minimum absolute atomic E-state index is 0.324. The molecule has 0 amide bonds. The highest BCUT2D eigenvalue weighted by atomic mass is 79.9. The summed E-state index contributed by atoms with van der Waals surface area (Å²) in [6, 6.07) is 5.95. The van der Waals surface area contributed by atoms with E-state index >= 15 is 0 Å². The van der Waals surface area contributed by atoms with Gasteiger partial charge in [-0.15, -0.1) is 0 Å². The van der Waals surface area contributed by atoms with E-state index in [9.17, 15) is 0 Å². The van der Waals surface area contributed by atoms with Crippen molar-refractivity contribution in [2.75, 3.05) is 5.73 Å². The molecule has 0 fully saturated rings. The number of hydrogen-bond acceptors (Lipinski definition) is 4. The smallest absolute Gasteiger partial charge is 0.322 e. The number of nitrogens with two attached hydrogens (primary N) is 1. The second kappa shape index (κ2) is 4.94. The molecule has 1 aromatic carbocycles. The summed E-state index contributed by atoms with van der Waals surface area (Å²) < 4.78 is 6.61. The highest BCUT2D eigenvalue weighted by molar-refractivity contribution is 9.10. The first-order chi connectivity index (χ1) is 8.45.